The van der Waals surface area contributed by atoms with Gasteiger partial charge in [0.1, 0.15) is 23.2 Å². The van der Waals surface area contributed by atoms with Crippen LogP contribution in [0.5, 0.6) is 5.75 Å². The summed E-state index contributed by atoms with van der Waals surface area (Å²) in [4.78, 5) is 8.87. The molecule has 0 aliphatic carbocycles. The summed E-state index contributed by atoms with van der Waals surface area (Å²) in [5, 5.41) is 6.56. The molecule has 6 heteroatoms. The Balaban J connectivity index is 1.86. The van der Waals surface area contributed by atoms with Crippen molar-refractivity contribution in [3.05, 3.63) is 64.9 Å². The molecule has 0 fully saturated rings. The van der Waals surface area contributed by atoms with Gasteiger partial charge in [-0.15, -0.1) is 0 Å². The van der Waals surface area contributed by atoms with Gasteiger partial charge < -0.3 is 15.4 Å². The number of rotatable bonds is 5. The van der Waals surface area contributed by atoms with Gasteiger partial charge in [0, 0.05) is 16.2 Å². The minimum Gasteiger partial charge on any atom is -0.495 e. The van der Waals surface area contributed by atoms with Crippen molar-refractivity contribution in [1.82, 2.24) is 9.97 Å². The lowest BCUT2D eigenvalue weighted by atomic mass is 10.3. The van der Waals surface area contributed by atoms with E-state index in [1.165, 1.54) is 0 Å². The van der Waals surface area contributed by atoms with Crippen LogP contribution in [0.3, 0.4) is 0 Å². The summed E-state index contributed by atoms with van der Waals surface area (Å²) in [5.41, 5.74) is 1.80. The average Bonchev–Trinajstić information content (AvgIpc) is 2.55. The Hall–Kier alpha value is -2.60. The second kappa shape index (κ2) is 7.31. The van der Waals surface area contributed by atoms with Crippen LogP contribution in [0.25, 0.3) is 0 Å². The molecular weight excluding hydrogens is 368 g/mol. The third-order valence-electron chi connectivity index (χ3n) is 3.30. The maximum Gasteiger partial charge on any atom is 0.142 e. The van der Waals surface area contributed by atoms with Crippen LogP contribution in [0.4, 0.5) is 23.0 Å². The topological polar surface area (TPSA) is 59.1 Å². The summed E-state index contributed by atoms with van der Waals surface area (Å²) in [5.74, 6) is 2.85. The molecule has 0 unspecified atom stereocenters. The van der Waals surface area contributed by atoms with E-state index in [1.54, 1.807) is 7.11 Å². The molecule has 0 aliphatic heterocycles. The molecule has 2 aromatic carbocycles. The quantitative estimate of drug-likeness (QED) is 0.644. The predicted molar refractivity (Wildman–Crippen MR) is 100 cm³/mol. The summed E-state index contributed by atoms with van der Waals surface area (Å²) in [6.45, 7) is 1.86. The summed E-state index contributed by atoms with van der Waals surface area (Å²) in [7, 11) is 1.64. The van der Waals surface area contributed by atoms with E-state index in [0.29, 0.717) is 11.6 Å². The maximum absolute atomic E-state index is 5.36. The number of hydrogen-bond donors (Lipinski definition) is 2. The van der Waals surface area contributed by atoms with E-state index < -0.39 is 0 Å². The highest BCUT2D eigenvalue weighted by molar-refractivity contribution is 9.10. The van der Waals surface area contributed by atoms with Crippen molar-refractivity contribution in [1.29, 1.82) is 0 Å². The van der Waals surface area contributed by atoms with Gasteiger partial charge in [0.05, 0.1) is 12.8 Å². The first-order chi connectivity index (χ1) is 11.6. The number of aromatic nitrogens is 2. The highest BCUT2D eigenvalue weighted by atomic mass is 79.9. The van der Waals surface area contributed by atoms with Crippen LogP contribution in [0.1, 0.15) is 5.82 Å². The van der Waals surface area contributed by atoms with Crippen molar-refractivity contribution in [3.8, 4) is 5.75 Å². The molecule has 1 heterocycles. The Morgan fingerprint density at radius 2 is 1.67 bits per heavy atom. The first kappa shape index (κ1) is 16.3. The standard InChI is InChI=1S/C18H17BrN4O/c1-12-20-17(22-14-7-5-6-13(19)10-14)11-18(21-12)23-15-8-3-4-9-16(15)24-2/h3-11H,1-2H3,(H2,20,21,22,23). The van der Waals surface area contributed by atoms with E-state index in [9.17, 15) is 0 Å². The molecule has 3 aromatic rings. The van der Waals surface area contributed by atoms with Gasteiger partial charge in [-0.3, -0.25) is 0 Å². The molecular formula is C18H17BrN4O. The summed E-state index contributed by atoms with van der Waals surface area (Å²) >= 11 is 3.47. The number of benzene rings is 2. The molecule has 3 rings (SSSR count). The number of para-hydroxylation sites is 2. The summed E-state index contributed by atoms with van der Waals surface area (Å²) in [6, 6.07) is 17.5. The van der Waals surface area contributed by atoms with E-state index in [-0.39, 0.29) is 0 Å². The van der Waals surface area contributed by atoms with Gasteiger partial charge in [-0.2, -0.15) is 0 Å². The third kappa shape index (κ3) is 4.02. The van der Waals surface area contributed by atoms with Crippen molar-refractivity contribution < 1.29 is 4.74 Å². The Morgan fingerprint density at radius 3 is 2.42 bits per heavy atom. The molecule has 122 valence electrons. The number of aryl methyl sites for hydroxylation is 1. The summed E-state index contributed by atoms with van der Waals surface area (Å²) < 4.78 is 6.37. The van der Waals surface area contributed by atoms with Crippen LogP contribution in [0.2, 0.25) is 0 Å². The van der Waals surface area contributed by atoms with E-state index in [4.69, 9.17) is 4.74 Å². The predicted octanol–water partition coefficient (Wildman–Crippen LogP) is 5.04. The number of methoxy groups -OCH3 is 1. The van der Waals surface area contributed by atoms with Crippen LogP contribution >= 0.6 is 15.9 Å². The number of halogens is 1. The maximum atomic E-state index is 5.36. The first-order valence-electron chi connectivity index (χ1n) is 7.42. The van der Waals surface area contributed by atoms with Crippen LogP contribution in [-0.4, -0.2) is 17.1 Å². The SMILES string of the molecule is COc1ccccc1Nc1cc(Nc2cccc(Br)c2)nc(C)n1. The Kier molecular flexibility index (Phi) is 4.96. The zero-order valence-corrected chi connectivity index (χ0v) is 15.0. The molecule has 0 atom stereocenters. The van der Waals surface area contributed by atoms with Crippen LogP contribution in [0.15, 0.2) is 59.1 Å². The minimum absolute atomic E-state index is 0.674. The number of hydrogen-bond acceptors (Lipinski definition) is 5. The number of anilines is 4. The van der Waals surface area contributed by atoms with Crippen LogP contribution < -0.4 is 15.4 Å². The average molecular weight is 385 g/mol. The third-order valence-corrected chi connectivity index (χ3v) is 3.80. The Bertz CT molecular complexity index is 854. The van der Waals surface area contributed by atoms with E-state index in [2.05, 4.69) is 36.5 Å². The lowest BCUT2D eigenvalue weighted by Crippen LogP contribution is -2.02. The number of ether oxygens (including phenoxy) is 1. The van der Waals surface area contributed by atoms with Gasteiger partial charge in [0.15, 0.2) is 0 Å². The molecule has 0 spiro atoms. The van der Waals surface area contributed by atoms with Crippen molar-refractivity contribution in [2.24, 2.45) is 0 Å². The van der Waals surface area contributed by atoms with E-state index in [0.717, 1.165) is 27.4 Å². The molecule has 0 saturated heterocycles. The molecule has 0 aliphatic rings. The van der Waals surface area contributed by atoms with E-state index in [1.807, 2.05) is 61.5 Å². The van der Waals surface area contributed by atoms with E-state index >= 15 is 0 Å². The van der Waals surface area contributed by atoms with Crippen LogP contribution in [-0.2, 0) is 0 Å². The fraction of sp³-hybridized carbons (Fsp3) is 0.111. The lowest BCUT2D eigenvalue weighted by molar-refractivity contribution is 0.417. The molecule has 24 heavy (non-hydrogen) atoms. The van der Waals surface area contributed by atoms with Crippen LogP contribution in [0, 0.1) is 6.92 Å². The first-order valence-corrected chi connectivity index (χ1v) is 8.21. The second-order valence-electron chi connectivity index (χ2n) is 5.15. The highest BCUT2D eigenvalue weighted by Gasteiger charge is 2.06. The van der Waals surface area contributed by atoms with Gasteiger partial charge in [-0.1, -0.05) is 34.1 Å². The van der Waals surface area contributed by atoms with Gasteiger partial charge in [0.2, 0.25) is 0 Å². The monoisotopic (exact) mass is 384 g/mol. The van der Waals surface area contributed by atoms with Gasteiger partial charge >= 0.3 is 0 Å². The molecule has 0 saturated carbocycles. The van der Waals surface area contributed by atoms with Crippen molar-refractivity contribution >= 4 is 38.9 Å². The zero-order chi connectivity index (χ0) is 16.9. The molecule has 5 nitrogen and oxygen atoms in total. The normalized spacial score (nSPS) is 10.3. The van der Waals surface area contributed by atoms with Crippen molar-refractivity contribution in [2.45, 2.75) is 6.92 Å². The largest absolute Gasteiger partial charge is 0.495 e. The number of nitrogens with one attached hydrogen (secondary N) is 2. The Morgan fingerprint density at radius 1 is 0.917 bits per heavy atom. The molecule has 0 amide bonds. The van der Waals surface area contributed by atoms with Gasteiger partial charge in [0.25, 0.3) is 0 Å². The Labute approximate surface area is 149 Å². The smallest absolute Gasteiger partial charge is 0.142 e. The molecule has 1 aromatic heterocycles. The fourth-order valence-electron chi connectivity index (χ4n) is 2.30. The molecule has 0 bridgehead atoms. The summed E-state index contributed by atoms with van der Waals surface area (Å²) in [6.07, 6.45) is 0. The van der Waals surface area contributed by atoms with Gasteiger partial charge in [-0.05, 0) is 37.3 Å². The number of nitrogens with zero attached hydrogens (tertiary/aromatic N) is 2. The highest BCUT2D eigenvalue weighted by Crippen LogP contribution is 2.27. The fourth-order valence-corrected chi connectivity index (χ4v) is 2.70. The van der Waals surface area contributed by atoms with Gasteiger partial charge in [-0.25, -0.2) is 9.97 Å². The minimum atomic E-state index is 0.674. The van der Waals surface area contributed by atoms with Crippen molar-refractivity contribution in [2.75, 3.05) is 17.7 Å². The lowest BCUT2D eigenvalue weighted by Gasteiger charge is -2.12. The van der Waals surface area contributed by atoms with Crippen molar-refractivity contribution in [3.63, 3.8) is 0 Å². The molecule has 2 N–H and O–H groups in total. The second-order valence-corrected chi connectivity index (χ2v) is 6.06. The zero-order valence-electron chi connectivity index (χ0n) is 13.4. The molecule has 0 radical (unpaired) electrons.